The van der Waals surface area contributed by atoms with Crippen LogP contribution in [0.25, 0.3) is 0 Å². The Kier molecular flexibility index (Phi) is 17.6. The maximum Gasteiger partial charge on any atom is 0.0697 e. The fourth-order valence-electron chi connectivity index (χ4n) is 0.142. The third-order valence-corrected chi connectivity index (χ3v) is 0.466. The van der Waals surface area contributed by atoms with Gasteiger partial charge in [0.1, 0.15) is 0 Å². The van der Waals surface area contributed by atoms with Gasteiger partial charge in [-0.05, 0) is 0 Å². The average molecular weight is 130 g/mol. The molecule has 0 heteroatoms. The third kappa shape index (κ3) is 32.2. The van der Waals surface area contributed by atoms with Gasteiger partial charge in [0.2, 0.25) is 0 Å². The minimum Gasteiger partial charge on any atom is -0.120 e. The van der Waals surface area contributed by atoms with Gasteiger partial charge in [-0.25, -0.2) is 0 Å². The minimum atomic E-state index is 0.444. The van der Waals surface area contributed by atoms with E-state index in [-0.39, 0.29) is 0 Å². The monoisotopic (exact) mass is 130 g/mol. The molecular weight excluding hydrogens is 120 g/mol. The summed E-state index contributed by atoms with van der Waals surface area (Å²) in [6, 6.07) is 0. The first-order chi connectivity index (χ1) is 4.83. The van der Waals surface area contributed by atoms with Crippen LogP contribution in [0.4, 0.5) is 0 Å². The van der Waals surface area contributed by atoms with E-state index in [9.17, 15) is 0 Å². The fourth-order valence-corrected chi connectivity index (χ4v) is 0.142. The van der Waals surface area contributed by atoms with Crippen LogP contribution in [0.2, 0.25) is 0 Å². The molecule has 0 radical (unpaired) electrons. The van der Waals surface area contributed by atoms with Crippen molar-refractivity contribution in [3.05, 3.63) is 12.7 Å². The normalized spacial score (nSPS) is 4.90. The summed E-state index contributed by atoms with van der Waals surface area (Å²) >= 11 is 0. The van der Waals surface area contributed by atoms with Crippen LogP contribution in [-0.2, 0) is 0 Å². The van der Waals surface area contributed by atoms with Crippen LogP contribution in [-0.4, -0.2) is 0 Å². The van der Waals surface area contributed by atoms with Gasteiger partial charge in [-0.15, -0.1) is 31.8 Å². The molecule has 0 amide bonds. The van der Waals surface area contributed by atoms with Gasteiger partial charge < -0.3 is 0 Å². The zero-order valence-corrected chi connectivity index (χ0v) is 5.93. The van der Waals surface area contributed by atoms with Gasteiger partial charge >= 0.3 is 0 Å². The Labute approximate surface area is 63.3 Å². The topological polar surface area (TPSA) is 0 Å². The van der Waals surface area contributed by atoms with Crippen LogP contribution < -0.4 is 0 Å². The largest absolute Gasteiger partial charge is 0.120 e. The van der Waals surface area contributed by atoms with Crippen LogP contribution in [0.1, 0.15) is 12.8 Å². The molecule has 0 bridgehead atoms. The highest BCUT2D eigenvalue weighted by Gasteiger charge is 1.52. The molecule has 0 aliphatic rings. The van der Waals surface area contributed by atoms with E-state index in [0.29, 0.717) is 12.8 Å². The Morgan fingerprint density at radius 1 is 1.10 bits per heavy atom. The van der Waals surface area contributed by atoms with E-state index < -0.39 is 0 Å². The second-order valence-electron chi connectivity index (χ2n) is 1.28. The van der Waals surface area contributed by atoms with Crippen LogP contribution in [0.5, 0.6) is 0 Å². The van der Waals surface area contributed by atoms with Crippen molar-refractivity contribution >= 4 is 0 Å². The van der Waals surface area contributed by atoms with Crippen molar-refractivity contribution in [2.24, 2.45) is 0 Å². The van der Waals surface area contributed by atoms with Crippen LogP contribution >= 0.6 is 0 Å². The second kappa shape index (κ2) is 15.7. The summed E-state index contributed by atoms with van der Waals surface area (Å²) in [6.45, 7) is 3.41. The van der Waals surface area contributed by atoms with Gasteiger partial charge in [0.05, 0.1) is 6.42 Å². The van der Waals surface area contributed by atoms with Gasteiger partial charge in [0.25, 0.3) is 0 Å². The molecule has 0 aliphatic heterocycles. The van der Waals surface area contributed by atoms with E-state index in [1.165, 1.54) is 0 Å². The van der Waals surface area contributed by atoms with Gasteiger partial charge in [-0.2, -0.15) is 0 Å². The van der Waals surface area contributed by atoms with E-state index in [0.717, 1.165) is 0 Å². The van der Waals surface area contributed by atoms with Crippen molar-refractivity contribution in [1.82, 2.24) is 0 Å². The molecule has 50 valence electrons. The number of hydrogen-bond acceptors (Lipinski definition) is 0. The molecular formula is C10H10. The Morgan fingerprint density at radius 3 is 1.60 bits per heavy atom. The van der Waals surface area contributed by atoms with Crippen molar-refractivity contribution in [3.8, 4) is 37.0 Å². The van der Waals surface area contributed by atoms with Gasteiger partial charge in [0.15, 0.2) is 0 Å². The quantitative estimate of drug-likeness (QED) is 0.375. The first kappa shape index (κ1) is 11.2. The smallest absolute Gasteiger partial charge is 0.0697 e. The van der Waals surface area contributed by atoms with Gasteiger partial charge in [-0.3, -0.25) is 0 Å². The molecule has 0 nitrogen and oxygen atoms in total. The summed E-state index contributed by atoms with van der Waals surface area (Å²) < 4.78 is 0. The van der Waals surface area contributed by atoms with Crippen molar-refractivity contribution in [2.75, 3.05) is 0 Å². The lowest BCUT2D eigenvalue weighted by Gasteiger charge is -1.60. The zero-order valence-electron chi connectivity index (χ0n) is 5.93. The third-order valence-electron chi connectivity index (χ3n) is 0.466. The zero-order chi connectivity index (χ0) is 8.24. The number of allylic oxidation sites excluding steroid dienone is 1. The maximum absolute atomic E-state index is 4.82. The molecule has 0 atom stereocenters. The standard InChI is InChI=1S/C5H6.C5H4/c2*1-3-5-4-2/h1,4H,2,5H2;1-2H,5H2. The lowest BCUT2D eigenvalue weighted by molar-refractivity contribution is 1.50. The molecule has 10 heavy (non-hydrogen) atoms. The van der Waals surface area contributed by atoms with Crippen LogP contribution in [0.3, 0.4) is 0 Å². The minimum absolute atomic E-state index is 0.444. The van der Waals surface area contributed by atoms with E-state index in [1.54, 1.807) is 6.08 Å². The van der Waals surface area contributed by atoms with Crippen LogP contribution in [0.15, 0.2) is 12.7 Å². The SMILES string of the molecule is C#CCC#C.C#CCC=C. The molecule has 0 aliphatic carbocycles. The molecule has 0 spiro atoms. The maximum atomic E-state index is 4.82. The van der Waals surface area contributed by atoms with Gasteiger partial charge in [-0.1, -0.05) is 17.9 Å². The predicted octanol–water partition coefficient (Wildman–Crippen LogP) is 1.84. The predicted molar refractivity (Wildman–Crippen MR) is 45.9 cm³/mol. The van der Waals surface area contributed by atoms with Crippen molar-refractivity contribution < 1.29 is 0 Å². The Bertz CT molecular complexity index is 166. The molecule has 0 N–H and O–H groups in total. The fraction of sp³-hybridized carbons (Fsp3) is 0.200. The van der Waals surface area contributed by atoms with Crippen LogP contribution in [0, 0.1) is 37.0 Å². The summed E-state index contributed by atoms with van der Waals surface area (Å²) in [7, 11) is 0. The lowest BCUT2D eigenvalue weighted by atomic mass is 10.5. The highest BCUT2D eigenvalue weighted by Crippen LogP contribution is 1.67. The summed E-state index contributed by atoms with van der Waals surface area (Å²) in [5.41, 5.74) is 0. The summed E-state index contributed by atoms with van der Waals surface area (Å²) in [4.78, 5) is 0. The Balaban J connectivity index is 0. The molecule has 0 aromatic carbocycles. The molecule has 0 saturated heterocycles. The molecule has 0 fully saturated rings. The average Bonchev–Trinajstić information content (AvgIpc) is 1.93. The number of rotatable bonds is 1. The summed E-state index contributed by atoms with van der Waals surface area (Å²) in [6.07, 6.45) is 17.1. The van der Waals surface area contributed by atoms with Gasteiger partial charge in [0, 0.05) is 6.42 Å². The highest BCUT2D eigenvalue weighted by molar-refractivity contribution is 5.00. The molecule has 0 saturated carbocycles. The second-order valence-corrected chi connectivity index (χ2v) is 1.28. The molecule has 0 aromatic rings. The lowest BCUT2D eigenvalue weighted by Crippen LogP contribution is -1.47. The molecule has 0 unspecified atom stereocenters. The van der Waals surface area contributed by atoms with E-state index in [2.05, 4.69) is 24.3 Å². The number of terminal acetylenes is 3. The molecule has 0 heterocycles. The highest BCUT2D eigenvalue weighted by atomic mass is 13.6. The van der Waals surface area contributed by atoms with E-state index in [1.807, 2.05) is 0 Å². The van der Waals surface area contributed by atoms with E-state index in [4.69, 9.17) is 19.3 Å². The molecule has 0 rings (SSSR count). The van der Waals surface area contributed by atoms with Crippen molar-refractivity contribution in [3.63, 3.8) is 0 Å². The first-order valence-corrected chi connectivity index (χ1v) is 2.74. The van der Waals surface area contributed by atoms with E-state index >= 15 is 0 Å². The molecule has 0 aromatic heterocycles. The Hall–Kier alpha value is -1.58. The first-order valence-electron chi connectivity index (χ1n) is 2.74. The van der Waals surface area contributed by atoms with Crippen molar-refractivity contribution in [2.45, 2.75) is 12.8 Å². The summed E-state index contributed by atoms with van der Waals surface area (Å²) in [5.74, 6) is 6.96. The Morgan fingerprint density at radius 2 is 1.60 bits per heavy atom. The van der Waals surface area contributed by atoms with Crippen molar-refractivity contribution in [1.29, 1.82) is 0 Å². The summed E-state index contributed by atoms with van der Waals surface area (Å²) in [5, 5.41) is 0. The number of hydrogen-bond donors (Lipinski definition) is 0.